The summed E-state index contributed by atoms with van der Waals surface area (Å²) in [4.78, 5) is 9.78. The normalized spacial score (nSPS) is 11.2. The monoisotopic (exact) mass is 298 g/mol. The van der Waals surface area contributed by atoms with Gasteiger partial charge in [-0.25, -0.2) is 0 Å². The van der Waals surface area contributed by atoms with E-state index in [1.54, 1.807) is 0 Å². The van der Waals surface area contributed by atoms with Crippen LogP contribution < -0.4 is 10.5 Å². The van der Waals surface area contributed by atoms with Crippen LogP contribution in [0.4, 0.5) is 24.5 Å². The molecule has 2 aromatic rings. The first-order valence-corrected chi connectivity index (χ1v) is 5.66. The first-order chi connectivity index (χ1) is 9.75. The Hall–Kier alpha value is -2.77. The summed E-state index contributed by atoms with van der Waals surface area (Å²) in [5, 5.41) is 10.7. The van der Waals surface area contributed by atoms with Crippen LogP contribution in [0.25, 0.3) is 0 Å². The van der Waals surface area contributed by atoms with Crippen molar-refractivity contribution in [3.63, 3.8) is 0 Å². The minimum Gasteiger partial charge on any atom is -0.457 e. The second-order valence-electron chi connectivity index (χ2n) is 4.14. The number of nitro benzene ring substituents is 1. The fraction of sp³-hybridized carbons (Fsp3) is 0.0769. The molecule has 0 bridgehead atoms. The molecule has 0 spiro atoms. The first-order valence-electron chi connectivity index (χ1n) is 5.66. The molecule has 0 aliphatic heterocycles. The third-order valence-electron chi connectivity index (χ3n) is 2.55. The average molecular weight is 298 g/mol. The summed E-state index contributed by atoms with van der Waals surface area (Å²) in [6, 6.07) is 7.96. The van der Waals surface area contributed by atoms with Crippen molar-refractivity contribution in [1.29, 1.82) is 0 Å². The molecule has 0 fully saturated rings. The van der Waals surface area contributed by atoms with E-state index in [1.165, 1.54) is 24.3 Å². The van der Waals surface area contributed by atoms with Crippen molar-refractivity contribution in [2.75, 3.05) is 5.73 Å². The largest absolute Gasteiger partial charge is 0.457 e. The molecule has 110 valence electrons. The third kappa shape index (κ3) is 3.62. The standard InChI is InChI=1S/C13H9F3N2O3/c14-13(15,16)8-5-10(18(19)20)7-12(6-8)21-11-3-1-9(17)2-4-11/h1-7H,17H2. The lowest BCUT2D eigenvalue weighted by atomic mass is 10.2. The zero-order valence-corrected chi connectivity index (χ0v) is 10.4. The van der Waals surface area contributed by atoms with Gasteiger partial charge < -0.3 is 10.5 Å². The molecule has 0 aromatic heterocycles. The summed E-state index contributed by atoms with van der Waals surface area (Å²) < 4.78 is 43.3. The first kappa shape index (κ1) is 14.6. The van der Waals surface area contributed by atoms with Gasteiger partial charge >= 0.3 is 6.18 Å². The second kappa shape index (κ2) is 5.31. The van der Waals surface area contributed by atoms with Gasteiger partial charge in [-0.05, 0) is 30.3 Å². The van der Waals surface area contributed by atoms with Crippen LogP contribution in [0.5, 0.6) is 11.5 Å². The molecule has 0 heterocycles. The predicted molar refractivity (Wildman–Crippen MR) is 69.0 cm³/mol. The number of halogens is 3. The van der Waals surface area contributed by atoms with Crippen molar-refractivity contribution in [3.05, 3.63) is 58.1 Å². The zero-order chi connectivity index (χ0) is 15.6. The predicted octanol–water partition coefficient (Wildman–Crippen LogP) is 3.99. The molecular weight excluding hydrogens is 289 g/mol. The molecule has 0 saturated heterocycles. The number of alkyl halides is 3. The van der Waals surface area contributed by atoms with Crippen LogP contribution in [-0.4, -0.2) is 4.92 Å². The number of nitrogen functional groups attached to an aromatic ring is 1. The minimum atomic E-state index is -4.70. The molecule has 21 heavy (non-hydrogen) atoms. The summed E-state index contributed by atoms with van der Waals surface area (Å²) in [6.07, 6.45) is -4.70. The summed E-state index contributed by atoms with van der Waals surface area (Å²) in [5.41, 5.74) is 4.08. The Labute approximate surface area is 116 Å². The van der Waals surface area contributed by atoms with E-state index >= 15 is 0 Å². The van der Waals surface area contributed by atoms with Gasteiger partial charge in [0.25, 0.3) is 5.69 Å². The summed E-state index contributed by atoms with van der Waals surface area (Å²) in [5.74, 6) is -0.0564. The quantitative estimate of drug-likeness (QED) is 0.528. The number of nitrogens with two attached hydrogens (primary N) is 1. The summed E-state index contributed by atoms with van der Waals surface area (Å²) in [7, 11) is 0. The van der Waals surface area contributed by atoms with Crippen LogP contribution in [0.15, 0.2) is 42.5 Å². The minimum absolute atomic E-state index is 0.220. The molecular formula is C13H9F3N2O3. The van der Waals surface area contributed by atoms with Crippen molar-refractivity contribution < 1.29 is 22.8 Å². The third-order valence-corrected chi connectivity index (χ3v) is 2.55. The van der Waals surface area contributed by atoms with Gasteiger partial charge in [-0.2, -0.15) is 13.2 Å². The van der Waals surface area contributed by atoms with Crippen molar-refractivity contribution in [2.24, 2.45) is 0 Å². The van der Waals surface area contributed by atoms with Gasteiger partial charge in [0.05, 0.1) is 16.6 Å². The molecule has 8 heteroatoms. The van der Waals surface area contributed by atoms with E-state index in [2.05, 4.69) is 0 Å². The molecule has 0 amide bonds. The topological polar surface area (TPSA) is 78.4 Å². The molecule has 0 radical (unpaired) electrons. The molecule has 0 atom stereocenters. The van der Waals surface area contributed by atoms with Gasteiger partial charge in [0.1, 0.15) is 11.5 Å². The molecule has 0 aliphatic rings. The molecule has 0 aliphatic carbocycles. The number of non-ortho nitro benzene ring substituents is 1. The zero-order valence-electron chi connectivity index (χ0n) is 10.4. The lowest BCUT2D eigenvalue weighted by Crippen LogP contribution is -2.06. The van der Waals surface area contributed by atoms with Crippen LogP contribution in [0, 0.1) is 10.1 Å². The maximum absolute atomic E-state index is 12.7. The Morgan fingerprint density at radius 1 is 1.05 bits per heavy atom. The second-order valence-corrected chi connectivity index (χ2v) is 4.14. The number of anilines is 1. The Bertz CT molecular complexity index is 669. The fourth-order valence-corrected chi connectivity index (χ4v) is 1.58. The molecule has 0 saturated carbocycles. The maximum atomic E-state index is 12.7. The number of hydrogen-bond acceptors (Lipinski definition) is 4. The van der Waals surface area contributed by atoms with Gasteiger partial charge in [0.15, 0.2) is 0 Å². The lowest BCUT2D eigenvalue weighted by molar-refractivity contribution is -0.385. The number of hydrogen-bond donors (Lipinski definition) is 1. The summed E-state index contributed by atoms with van der Waals surface area (Å²) in [6.45, 7) is 0. The van der Waals surface area contributed by atoms with Crippen LogP contribution in [0.2, 0.25) is 0 Å². The van der Waals surface area contributed by atoms with E-state index in [0.29, 0.717) is 17.8 Å². The lowest BCUT2D eigenvalue weighted by Gasteiger charge is -2.10. The highest BCUT2D eigenvalue weighted by Crippen LogP contribution is 2.36. The molecule has 2 N–H and O–H groups in total. The van der Waals surface area contributed by atoms with E-state index < -0.39 is 22.4 Å². The number of rotatable bonds is 3. The Balaban J connectivity index is 2.40. The van der Waals surface area contributed by atoms with Crippen LogP contribution >= 0.6 is 0 Å². The molecule has 0 unspecified atom stereocenters. The number of ether oxygens (including phenoxy) is 1. The number of nitrogens with zero attached hydrogens (tertiary/aromatic N) is 1. The van der Waals surface area contributed by atoms with Gasteiger partial charge in [0, 0.05) is 11.8 Å². The van der Waals surface area contributed by atoms with Crippen molar-refractivity contribution in [3.8, 4) is 11.5 Å². The molecule has 2 rings (SSSR count). The Morgan fingerprint density at radius 3 is 2.19 bits per heavy atom. The van der Waals surface area contributed by atoms with E-state index in [0.717, 1.165) is 6.07 Å². The van der Waals surface area contributed by atoms with Crippen molar-refractivity contribution in [2.45, 2.75) is 6.18 Å². The number of nitro groups is 1. The highest BCUT2D eigenvalue weighted by Gasteiger charge is 2.33. The van der Waals surface area contributed by atoms with Gasteiger partial charge in [-0.1, -0.05) is 0 Å². The highest BCUT2D eigenvalue weighted by molar-refractivity contribution is 5.47. The van der Waals surface area contributed by atoms with Crippen molar-refractivity contribution in [1.82, 2.24) is 0 Å². The molecule has 2 aromatic carbocycles. The Kier molecular flexibility index (Phi) is 3.70. The van der Waals surface area contributed by atoms with Gasteiger partial charge in [-0.3, -0.25) is 10.1 Å². The van der Waals surface area contributed by atoms with Crippen LogP contribution in [-0.2, 0) is 6.18 Å². The SMILES string of the molecule is Nc1ccc(Oc2cc([N+](=O)[O-])cc(C(F)(F)F)c2)cc1. The van der Waals surface area contributed by atoms with Gasteiger partial charge in [-0.15, -0.1) is 0 Å². The van der Waals surface area contributed by atoms with Gasteiger partial charge in [0.2, 0.25) is 0 Å². The Morgan fingerprint density at radius 2 is 1.67 bits per heavy atom. The maximum Gasteiger partial charge on any atom is 0.416 e. The van der Waals surface area contributed by atoms with E-state index in [1.807, 2.05) is 0 Å². The van der Waals surface area contributed by atoms with E-state index in [9.17, 15) is 23.3 Å². The average Bonchev–Trinajstić information content (AvgIpc) is 2.40. The number of benzene rings is 2. The highest BCUT2D eigenvalue weighted by atomic mass is 19.4. The fourth-order valence-electron chi connectivity index (χ4n) is 1.58. The van der Waals surface area contributed by atoms with Crippen LogP contribution in [0.3, 0.4) is 0 Å². The van der Waals surface area contributed by atoms with Crippen LogP contribution in [0.1, 0.15) is 5.56 Å². The molecule has 5 nitrogen and oxygen atoms in total. The van der Waals surface area contributed by atoms with Crippen molar-refractivity contribution >= 4 is 11.4 Å². The smallest absolute Gasteiger partial charge is 0.416 e. The van der Waals surface area contributed by atoms with E-state index in [4.69, 9.17) is 10.5 Å². The van der Waals surface area contributed by atoms with E-state index in [-0.39, 0.29) is 11.5 Å². The summed E-state index contributed by atoms with van der Waals surface area (Å²) >= 11 is 0.